The first-order valence-electron chi connectivity index (χ1n) is 9.48. The minimum absolute atomic E-state index is 0.644. The van der Waals surface area contributed by atoms with Crippen molar-refractivity contribution in [3.63, 3.8) is 0 Å². The van der Waals surface area contributed by atoms with E-state index in [1.807, 2.05) is 75.5 Å². The fourth-order valence-corrected chi connectivity index (χ4v) is 3.44. The van der Waals surface area contributed by atoms with Crippen LogP contribution in [0.3, 0.4) is 0 Å². The van der Waals surface area contributed by atoms with Gasteiger partial charge in [0.1, 0.15) is 23.4 Å². The monoisotopic (exact) mass is 411 g/mol. The molecule has 0 spiro atoms. The summed E-state index contributed by atoms with van der Waals surface area (Å²) < 4.78 is 11.7. The molecule has 1 atom stereocenters. The molecule has 0 aliphatic heterocycles. The van der Waals surface area contributed by atoms with Crippen LogP contribution >= 0.6 is 11.6 Å². The van der Waals surface area contributed by atoms with Gasteiger partial charge in [0.15, 0.2) is 0 Å². The summed E-state index contributed by atoms with van der Waals surface area (Å²) in [6, 6.07) is 16.9. The van der Waals surface area contributed by atoms with E-state index >= 15 is 0 Å². The van der Waals surface area contributed by atoms with Crippen LogP contribution in [0.1, 0.15) is 33.9 Å². The third-order valence-electron chi connectivity index (χ3n) is 5.10. The molecule has 2 N–H and O–H groups in total. The minimum Gasteiger partial charge on any atom is -0.496 e. The molecule has 152 valence electrons. The van der Waals surface area contributed by atoms with Crippen LogP contribution in [-0.2, 0) is 6.54 Å². The van der Waals surface area contributed by atoms with E-state index in [0.717, 1.165) is 28.0 Å². The van der Waals surface area contributed by atoms with Gasteiger partial charge in [0, 0.05) is 22.7 Å². The Bertz CT molecular complexity index is 1000. The molecule has 0 aromatic heterocycles. The molecule has 1 unspecified atom stereocenters. The standard InChI is InChI=1S/C24H26ClNO3/c1-15-16(2)21(12-11-20(15)25)29-23-13-17(9-10-18(23)14-26-3)24(27)19-7-5-6-8-22(19)28-4/h5-13,24,26-27H,14H2,1-4H3. The molecule has 0 fully saturated rings. The van der Waals surface area contributed by atoms with Gasteiger partial charge >= 0.3 is 0 Å². The number of hydrogen-bond donors (Lipinski definition) is 2. The highest BCUT2D eigenvalue weighted by molar-refractivity contribution is 6.31. The van der Waals surface area contributed by atoms with E-state index in [-0.39, 0.29) is 0 Å². The van der Waals surface area contributed by atoms with Gasteiger partial charge in [-0.05, 0) is 61.9 Å². The Kier molecular flexibility index (Phi) is 6.80. The molecular formula is C24H26ClNO3. The van der Waals surface area contributed by atoms with Crippen LogP contribution in [0, 0.1) is 13.8 Å². The predicted molar refractivity (Wildman–Crippen MR) is 117 cm³/mol. The lowest BCUT2D eigenvalue weighted by Crippen LogP contribution is -2.08. The topological polar surface area (TPSA) is 50.7 Å². The predicted octanol–water partition coefficient (Wildman–Crippen LogP) is 5.56. The molecule has 0 aliphatic carbocycles. The van der Waals surface area contributed by atoms with E-state index in [2.05, 4.69) is 5.32 Å². The lowest BCUT2D eigenvalue weighted by atomic mass is 9.99. The maximum Gasteiger partial charge on any atom is 0.132 e. The quantitative estimate of drug-likeness (QED) is 0.534. The van der Waals surface area contributed by atoms with Crippen molar-refractivity contribution < 1.29 is 14.6 Å². The van der Waals surface area contributed by atoms with Crippen LogP contribution in [0.5, 0.6) is 17.2 Å². The summed E-state index contributed by atoms with van der Waals surface area (Å²) in [4.78, 5) is 0. The molecule has 0 heterocycles. The van der Waals surface area contributed by atoms with E-state index in [0.29, 0.717) is 28.6 Å². The van der Waals surface area contributed by atoms with Crippen molar-refractivity contribution in [2.75, 3.05) is 14.2 Å². The highest BCUT2D eigenvalue weighted by Crippen LogP contribution is 2.36. The number of aliphatic hydroxyl groups excluding tert-OH is 1. The van der Waals surface area contributed by atoms with Crippen LogP contribution in [0.4, 0.5) is 0 Å². The van der Waals surface area contributed by atoms with Gasteiger partial charge in [0.2, 0.25) is 0 Å². The summed E-state index contributed by atoms with van der Waals surface area (Å²) in [7, 11) is 3.49. The zero-order valence-electron chi connectivity index (χ0n) is 17.1. The molecule has 3 aromatic carbocycles. The smallest absolute Gasteiger partial charge is 0.132 e. The molecule has 0 bridgehead atoms. The van der Waals surface area contributed by atoms with E-state index in [4.69, 9.17) is 21.1 Å². The van der Waals surface area contributed by atoms with E-state index < -0.39 is 6.10 Å². The fourth-order valence-electron chi connectivity index (χ4n) is 3.24. The van der Waals surface area contributed by atoms with Gasteiger partial charge in [-0.3, -0.25) is 0 Å². The molecule has 3 aromatic rings. The van der Waals surface area contributed by atoms with Gasteiger partial charge < -0.3 is 19.9 Å². The number of hydrogen-bond acceptors (Lipinski definition) is 4. The SMILES string of the molecule is CNCc1ccc(C(O)c2ccccc2OC)cc1Oc1ccc(Cl)c(C)c1C. The number of aliphatic hydroxyl groups is 1. The van der Waals surface area contributed by atoms with Crippen LogP contribution in [-0.4, -0.2) is 19.3 Å². The van der Waals surface area contributed by atoms with Crippen molar-refractivity contribution in [3.05, 3.63) is 87.4 Å². The van der Waals surface area contributed by atoms with E-state index in [1.165, 1.54) is 0 Å². The lowest BCUT2D eigenvalue weighted by Gasteiger charge is -2.19. The first-order valence-corrected chi connectivity index (χ1v) is 9.86. The zero-order valence-corrected chi connectivity index (χ0v) is 17.9. The molecule has 0 saturated carbocycles. The van der Waals surface area contributed by atoms with E-state index in [1.54, 1.807) is 7.11 Å². The molecule has 0 radical (unpaired) electrons. The lowest BCUT2D eigenvalue weighted by molar-refractivity contribution is 0.214. The number of halogens is 1. The number of para-hydroxylation sites is 1. The van der Waals surface area contributed by atoms with Crippen LogP contribution in [0.2, 0.25) is 5.02 Å². The number of nitrogens with one attached hydrogen (secondary N) is 1. The third kappa shape index (κ3) is 4.56. The average Bonchev–Trinajstić information content (AvgIpc) is 2.74. The Hall–Kier alpha value is -2.53. The summed E-state index contributed by atoms with van der Waals surface area (Å²) in [5.74, 6) is 2.08. The number of ether oxygens (including phenoxy) is 2. The Balaban J connectivity index is 2.01. The largest absolute Gasteiger partial charge is 0.496 e. The maximum atomic E-state index is 11.0. The second-order valence-electron chi connectivity index (χ2n) is 6.94. The summed E-state index contributed by atoms with van der Waals surface area (Å²) in [6.07, 6.45) is -0.829. The van der Waals surface area contributed by atoms with Crippen molar-refractivity contribution >= 4 is 11.6 Å². The van der Waals surface area contributed by atoms with Crippen LogP contribution in [0.15, 0.2) is 54.6 Å². The number of methoxy groups -OCH3 is 1. The van der Waals surface area contributed by atoms with Gasteiger partial charge in [-0.25, -0.2) is 0 Å². The summed E-state index contributed by atoms with van der Waals surface area (Å²) in [5.41, 5.74) is 4.41. The van der Waals surface area contributed by atoms with Gasteiger partial charge in [-0.15, -0.1) is 0 Å². The van der Waals surface area contributed by atoms with E-state index in [9.17, 15) is 5.11 Å². The molecule has 29 heavy (non-hydrogen) atoms. The van der Waals surface area contributed by atoms with Gasteiger partial charge in [0.25, 0.3) is 0 Å². The minimum atomic E-state index is -0.829. The third-order valence-corrected chi connectivity index (χ3v) is 5.51. The first-order chi connectivity index (χ1) is 14.0. The van der Waals surface area contributed by atoms with Crippen molar-refractivity contribution in [3.8, 4) is 17.2 Å². The number of rotatable bonds is 7. The highest BCUT2D eigenvalue weighted by atomic mass is 35.5. The van der Waals surface area contributed by atoms with Crippen LogP contribution in [0.25, 0.3) is 0 Å². The average molecular weight is 412 g/mol. The molecule has 0 aliphatic rings. The van der Waals surface area contributed by atoms with Crippen molar-refractivity contribution in [1.82, 2.24) is 5.32 Å². The molecular weight excluding hydrogens is 386 g/mol. The summed E-state index contributed by atoms with van der Waals surface area (Å²) >= 11 is 6.22. The van der Waals surface area contributed by atoms with Gasteiger partial charge in [0.05, 0.1) is 7.11 Å². The van der Waals surface area contributed by atoms with Gasteiger partial charge in [-0.2, -0.15) is 0 Å². The zero-order chi connectivity index (χ0) is 21.0. The maximum absolute atomic E-state index is 11.0. The first kappa shape index (κ1) is 21.2. The second-order valence-corrected chi connectivity index (χ2v) is 7.35. The Morgan fingerprint density at radius 1 is 0.966 bits per heavy atom. The molecule has 0 saturated heterocycles. The van der Waals surface area contributed by atoms with Crippen molar-refractivity contribution in [2.45, 2.75) is 26.5 Å². The normalized spacial score (nSPS) is 11.9. The van der Waals surface area contributed by atoms with Crippen molar-refractivity contribution in [2.24, 2.45) is 0 Å². The van der Waals surface area contributed by atoms with Gasteiger partial charge in [-0.1, -0.05) is 41.9 Å². The molecule has 0 amide bonds. The Morgan fingerprint density at radius 2 is 1.72 bits per heavy atom. The second kappa shape index (κ2) is 9.31. The fraction of sp³-hybridized carbons (Fsp3) is 0.250. The Morgan fingerprint density at radius 3 is 2.45 bits per heavy atom. The Labute approximate surface area is 177 Å². The van der Waals surface area contributed by atoms with Crippen LogP contribution < -0.4 is 14.8 Å². The molecule has 3 rings (SSSR count). The summed E-state index contributed by atoms with van der Waals surface area (Å²) in [5, 5.41) is 14.9. The molecule has 4 nitrogen and oxygen atoms in total. The van der Waals surface area contributed by atoms with Crippen molar-refractivity contribution in [1.29, 1.82) is 0 Å². The molecule has 5 heteroatoms. The number of benzene rings is 3. The highest BCUT2D eigenvalue weighted by Gasteiger charge is 2.18. The summed E-state index contributed by atoms with van der Waals surface area (Å²) in [6.45, 7) is 4.61.